The highest BCUT2D eigenvalue weighted by Gasteiger charge is 2.24. The Hall–Kier alpha value is -2.26. The molecular weight excluding hydrogens is 322 g/mol. The summed E-state index contributed by atoms with van der Waals surface area (Å²) in [5, 5.41) is 11.6. The van der Waals surface area contributed by atoms with Crippen LogP contribution in [0.25, 0.3) is 22.0 Å². The Bertz CT molecular complexity index is 977. The molecule has 1 aliphatic carbocycles. The molecule has 0 unspecified atom stereocenters. The number of alkyl halides is 1. The maximum atomic E-state index is 12.8. The summed E-state index contributed by atoms with van der Waals surface area (Å²) in [7, 11) is 0. The number of aromatic hydroxyl groups is 1. The summed E-state index contributed by atoms with van der Waals surface area (Å²) in [5.74, 6) is 0.633. The van der Waals surface area contributed by atoms with Gasteiger partial charge >= 0.3 is 0 Å². The first kappa shape index (κ1) is 15.3. The van der Waals surface area contributed by atoms with Crippen molar-refractivity contribution in [3.63, 3.8) is 0 Å². The van der Waals surface area contributed by atoms with Crippen molar-refractivity contribution in [2.45, 2.75) is 25.8 Å². The topological polar surface area (TPSA) is 42.2 Å². The molecule has 0 saturated heterocycles. The first-order valence-electron chi connectivity index (χ1n) is 8.24. The van der Waals surface area contributed by atoms with Crippen LogP contribution in [0.4, 0.5) is 0 Å². The maximum absolute atomic E-state index is 12.8. The third-order valence-corrected chi connectivity index (χ3v) is 5.01. The summed E-state index contributed by atoms with van der Waals surface area (Å²) in [6, 6.07) is 13.4. The molecule has 4 rings (SSSR count). The summed E-state index contributed by atoms with van der Waals surface area (Å²) < 4.78 is 1.76. The Morgan fingerprint density at radius 2 is 1.79 bits per heavy atom. The van der Waals surface area contributed by atoms with Crippen LogP contribution in [0.1, 0.15) is 17.5 Å². The summed E-state index contributed by atoms with van der Waals surface area (Å²) >= 11 is 5.94. The zero-order valence-electron chi connectivity index (χ0n) is 13.3. The average molecular weight is 340 g/mol. The highest BCUT2D eigenvalue weighted by Crippen LogP contribution is 2.40. The van der Waals surface area contributed by atoms with Gasteiger partial charge in [0.1, 0.15) is 5.75 Å². The van der Waals surface area contributed by atoms with E-state index in [1.807, 2.05) is 36.4 Å². The van der Waals surface area contributed by atoms with Gasteiger partial charge in [0.2, 0.25) is 0 Å². The Kier molecular flexibility index (Phi) is 3.81. The van der Waals surface area contributed by atoms with Crippen LogP contribution in [0, 0.1) is 0 Å². The number of pyridine rings is 1. The summed E-state index contributed by atoms with van der Waals surface area (Å²) in [4.78, 5) is 12.8. The van der Waals surface area contributed by atoms with Gasteiger partial charge in [0.25, 0.3) is 5.56 Å². The molecule has 4 heteroatoms. The molecule has 0 saturated carbocycles. The largest absolute Gasteiger partial charge is 0.507 e. The lowest BCUT2D eigenvalue weighted by Crippen LogP contribution is -2.25. The van der Waals surface area contributed by atoms with Crippen molar-refractivity contribution in [1.29, 1.82) is 0 Å². The van der Waals surface area contributed by atoms with E-state index in [0.29, 0.717) is 12.4 Å². The van der Waals surface area contributed by atoms with Crippen LogP contribution in [0.2, 0.25) is 0 Å². The van der Waals surface area contributed by atoms with Gasteiger partial charge < -0.3 is 9.67 Å². The van der Waals surface area contributed by atoms with Crippen LogP contribution < -0.4 is 5.56 Å². The van der Waals surface area contributed by atoms with E-state index in [0.717, 1.165) is 52.4 Å². The van der Waals surface area contributed by atoms with Crippen molar-refractivity contribution in [2.75, 3.05) is 5.88 Å². The van der Waals surface area contributed by atoms with Gasteiger partial charge in [-0.1, -0.05) is 30.3 Å². The van der Waals surface area contributed by atoms with Crippen molar-refractivity contribution in [3.8, 4) is 16.9 Å². The molecule has 0 radical (unpaired) electrons. The fourth-order valence-corrected chi connectivity index (χ4v) is 4.01. The number of halogens is 1. The third-order valence-electron chi connectivity index (χ3n) is 4.85. The minimum absolute atomic E-state index is 0.0698. The Morgan fingerprint density at radius 1 is 1.04 bits per heavy atom. The molecule has 1 N–H and O–H groups in total. The van der Waals surface area contributed by atoms with Crippen molar-refractivity contribution in [1.82, 2.24) is 4.57 Å². The average Bonchev–Trinajstić information content (AvgIpc) is 3.09. The molecule has 2 aromatic carbocycles. The first-order valence-corrected chi connectivity index (χ1v) is 8.77. The van der Waals surface area contributed by atoms with Crippen molar-refractivity contribution >= 4 is 22.5 Å². The zero-order chi connectivity index (χ0) is 16.7. The van der Waals surface area contributed by atoms with Crippen LogP contribution >= 0.6 is 11.6 Å². The van der Waals surface area contributed by atoms with Gasteiger partial charge in [0.05, 0.1) is 5.52 Å². The lowest BCUT2D eigenvalue weighted by atomic mass is 9.94. The van der Waals surface area contributed by atoms with Gasteiger partial charge in [-0.2, -0.15) is 0 Å². The normalized spacial score (nSPS) is 13.4. The fourth-order valence-electron chi connectivity index (χ4n) is 3.84. The molecular formula is C20H18ClNO2. The number of phenols is 1. The van der Waals surface area contributed by atoms with Crippen molar-refractivity contribution < 1.29 is 5.11 Å². The van der Waals surface area contributed by atoms with Gasteiger partial charge in [-0.15, -0.1) is 11.6 Å². The Labute approximate surface area is 145 Å². The van der Waals surface area contributed by atoms with Gasteiger partial charge in [-0.3, -0.25) is 4.79 Å². The standard InChI is InChI=1S/C20H18ClNO2/c21-11-12-22-16-9-10-17(23)18(13-5-2-1-3-6-13)19(16)14-7-4-8-15(14)20(22)24/h1-3,5-6,9-10,23H,4,7-8,11-12H2. The van der Waals surface area contributed by atoms with E-state index >= 15 is 0 Å². The number of hydrogen-bond acceptors (Lipinski definition) is 2. The van der Waals surface area contributed by atoms with Crippen LogP contribution in [-0.4, -0.2) is 15.6 Å². The molecule has 1 aliphatic rings. The number of phenolic OH excluding ortho intramolecular Hbond substituents is 1. The second-order valence-corrected chi connectivity index (χ2v) is 6.55. The molecule has 122 valence electrons. The molecule has 0 amide bonds. The minimum atomic E-state index is 0.0698. The summed E-state index contributed by atoms with van der Waals surface area (Å²) in [5.41, 5.74) is 4.68. The monoisotopic (exact) mass is 339 g/mol. The molecule has 0 bridgehead atoms. The predicted molar refractivity (Wildman–Crippen MR) is 98.1 cm³/mol. The van der Waals surface area contributed by atoms with Crippen molar-refractivity contribution in [3.05, 3.63) is 63.9 Å². The SMILES string of the molecule is O=c1c2c(c3c(-c4ccccc4)c(O)ccc3n1CCCl)CCC2. The summed E-state index contributed by atoms with van der Waals surface area (Å²) in [6.45, 7) is 0.475. The minimum Gasteiger partial charge on any atom is -0.507 e. The predicted octanol–water partition coefficient (Wildman–Crippen LogP) is 4.10. The zero-order valence-corrected chi connectivity index (χ0v) is 14.0. The van der Waals surface area contributed by atoms with E-state index in [1.165, 1.54) is 0 Å². The Morgan fingerprint density at radius 3 is 2.54 bits per heavy atom. The molecule has 1 aromatic heterocycles. The lowest BCUT2D eigenvalue weighted by molar-refractivity contribution is 0.478. The Balaban J connectivity index is 2.18. The van der Waals surface area contributed by atoms with Crippen LogP contribution in [0.5, 0.6) is 5.75 Å². The number of aromatic nitrogens is 1. The van der Waals surface area contributed by atoms with E-state index in [4.69, 9.17) is 11.6 Å². The third kappa shape index (κ3) is 2.23. The number of benzene rings is 2. The molecule has 24 heavy (non-hydrogen) atoms. The lowest BCUT2D eigenvalue weighted by Gasteiger charge is -2.17. The van der Waals surface area contributed by atoms with Crippen molar-refractivity contribution in [2.24, 2.45) is 0 Å². The smallest absolute Gasteiger partial charge is 0.254 e. The van der Waals surface area contributed by atoms with E-state index in [2.05, 4.69) is 0 Å². The number of nitrogens with zero attached hydrogens (tertiary/aromatic N) is 1. The molecule has 3 nitrogen and oxygen atoms in total. The molecule has 0 fully saturated rings. The van der Waals surface area contributed by atoms with Gasteiger partial charge in [-0.25, -0.2) is 0 Å². The number of rotatable bonds is 3. The quantitative estimate of drug-likeness (QED) is 0.730. The van der Waals surface area contributed by atoms with Gasteiger partial charge in [0, 0.05) is 28.9 Å². The summed E-state index contributed by atoms with van der Waals surface area (Å²) in [6.07, 6.45) is 2.66. The fraction of sp³-hybridized carbons (Fsp3) is 0.250. The highest BCUT2D eigenvalue weighted by atomic mass is 35.5. The molecule has 3 aromatic rings. The second-order valence-electron chi connectivity index (χ2n) is 6.18. The molecule has 1 heterocycles. The molecule has 0 spiro atoms. The number of fused-ring (bicyclic) bond motifs is 3. The van der Waals surface area contributed by atoms with E-state index in [-0.39, 0.29) is 11.3 Å². The van der Waals surface area contributed by atoms with Crippen LogP contribution in [0.3, 0.4) is 0 Å². The van der Waals surface area contributed by atoms with Gasteiger partial charge in [0.15, 0.2) is 0 Å². The van der Waals surface area contributed by atoms with Gasteiger partial charge in [-0.05, 0) is 42.5 Å². The number of aryl methyl sites for hydroxylation is 2. The maximum Gasteiger partial charge on any atom is 0.254 e. The first-order chi connectivity index (χ1) is 11.7. The number of hydrogen-bond donors (Lipinski definition) is 1. The van der Waals surface area contributed by atoms with E-state index < -0.39 is 0 Å². The molecule has 0 atom stereocenters. The second kappa shape index (κ2) is 5.99. The van der Waals surface area contributed by atoms with Crippen LogP contribution in [0.15, 0.2) is 47.3 Å². The van der Waals surface area contributed by atoms with E-state index in [9.17, 15) is 9.90 Å². The van der Waals surface area contributed by atoms with Crippen LogP contribution in [-0.2, 0) is 19.4 Å². The molecule has 0 aliphatic heterocycles. The van der Waals surface area contributed by atoms with E-state index in [1.54, 1.807) is 10.6 Å². The highest BCUT2D eigenvalue weighted by molar-refractivity contribution is 6.17.